The Morgan fingerprint density at radius 3 is 2.80 bits per heavy atom. The van der Waals surface area contributed by atoms with Gasteiger partial charge in [0.1, 0.15) is 0 Å². The predicted octanol–water partition coefficient (Wildman–Crippen LogP) is 1.80. The first-order chi connectivity index (χ1) is 9.69. The van der Waals surface area contributed by atoms with Crippen LogP contribution in [-0.4, -0.2) is 37.4 Å². The van der Waals surface area contributed by atoms with Gasteiger partial charge in [0, 0.05) is 19.2 Å². The number of carbonyl (C=O) groups is 1. The van der Waals surface area contributed by atoms with Crippen LogP contribution in [0, 0.1) is 0 Å². The second-order valence-electron chi connectivity index (χ2n) is 5.09. The number of nitrogens with zero attached hydrogens (tertiary/aromatic N) is 1. The highest BCUT2D eigenvalue weighted by molar-refractivity contribution is 5.98. The van der Waals surface area contributed by atoms with Gasteiger partial charge in [0.25, 0.3) is 0 Å². The van der Waals surface area contributed by atoms with E-state index in [1.54, 1.807) is 6.07 Å². The SMILES string of the molecule is COC(=O)c1cccc(N(CCCO)C2CCC2)c1N. The number of nitrogen functional groups attached to an aromatic ring is 1. The Kier molecular flexibility index (Phi) is 4.84. The van der Waals surface area contributed by atoms with Crippen molar-refractivity contribution in [2.24, 2.45) is 0 Å². The van der Waals surface area contributed by atoms with E-state index >= 15 is 0 Å². The summed E-state index contributed by atoms with van der Waals surface area (Å²) in [6, 6.07) is 5.88. The summed E-state index contributed by atoms with van der Waals surface area (Å²) in [5.41, 5.74) is 7.87. The molecule has 1 aliphatic rings. The lowest BCUT2D eigenvalue weighted by Gasteiger charge is -2.40. The number of hydrogen-bond acceptors (Lipinski definition) is 5. The molecule has 5 nitrogen and oxygen atoms in total. The van der Waals surface area contributed by atoms with Crippen LogP contribution in [0.15, 0.2) is 18.2 Å². The highest BCUT2D eigenvalue weighted by Crippen LogP contribution is 2.34. The number of carbonyl (C=O) groups excluding carboxylic acids is 1. The zero-order valence-corrected chi connectivity index (χ0v) is 11.8. The van der Waals surface area contributed by atoms with Gasteiger partial charge in [-0.2, -0.15) is 0 Å². The van der Waals surface area contributed by atoms with Gasteiger partial charge in [-0.05, 0) is 37.8 Å². The van der Waals surface area contributed by atoms with Gasteiger partial charge in [0.15, 0.2) is 0 Å². The molecule has 0 amide bonds. The van der Waals surface area contributed by atoms with Crippen LogP contribution in [0.25, 0.3) is 0 Å². The van der Waals surface area contributed by atoms with Crippen molar-refractivity contribution >= 4 is 17.3 Å². The van der Waals surface area contributed by atoms with Crippen molar-refractivity contribution in [3.63, 3.8) is 0 Å². The molecule has 3 N–H and O–H groups in total. The smallest absolute Gasteiger partial charge is 0.340 e. The minimum Gasteiger partial charge on any atom is -0.465 e. The van der Waals surface area contributed by atoms with Crippen molar-refractivity contribution in [3.05, 3.63) is 23.8 Å². The van der Waals surface area contributed by atoms with Crippen molar-refractivity contribution in [1.82, 2.24) is 0 Å². The number of para-hydroxylation sites is 1. The molecule has 1 aromatic carbocycles. The maximum Gasteiger partial charge on any atom is 0.340 e. The van der Waals surface area contributed by atoms with E-state index in [2.05, 4.69) is 4.90 Å². The molecular formula is C15H22N2O3. The molecule has 0 heterocycles. The number of aliphatic hydroxyl groups is 1. The predicted molar refractivity (Wildman–Crippen MR) is 78.9 cm³/mol. The van der Waals surface area contributed by atoms with Gasteiger partial charge >= 0.3 is 5.97 Å². The Morgan fingerprint density at radius 2 is 2.25 bits per heavy atom. The molecule has 110 valence electrons. The third-order valence-electron chi connectivity index (χ3n) is 3.87. The van der Waals surface area contributed by atoms with Crippen molar-refractivity contribution < 1.29 is 14.6 Å². The average Bonchev–Trinajstić information content (AvgIpc) is 2.41. The topological polar surface area (TPSA) is 75.8 Å². The van der Waals surface area contributed by atoms with Crippen LogP contribution >= 0.6 is 0 Å². The lowest BCUT2D eigenvalue weighted by molar-refractivity contribution is 0.0602. The van der Waals surface area contributed by atoms with Gasteiger partial charge in [-0.25, -0.2) is 4.79 Å². The van der Waals surface area contributed by atoms with Crippen molar-refractivity contribution in [3.8, 4) is 0 Å². The number of methoxy groups -OCH3 is 1. The van der Waals surface area contributed by atoms with E-state index in [0.717, 1.165) is 25.1 Å². The van der Waals surface area contributed by atoms with Crippen molar-refractivity contribution in [2.75, 3.05) is 30.9 Å². The summed E-state index contributed by atoms with van der Waals surface area (Å²) in [7, 11) is 1.35. The fourth-order valence-corrected chi connectivity index (χ4v) is 2.53. The van der Waals surface area contributed by atoms with E-state index in [9.17, 15) is 4.79 Å². The second-order valence-corrected chi connectivity index (χ2v) is 5.09. The number of esters is 1. The molecule has 20 heavy (non-hydrogen) atoms. The van der Waals surface area contributed by atoms with Crippen molar-refractivity contribution in [2.45, 2.75) is 31.7 Å². The lowest BCUT2D eigenvalue weighted by Crippen LogP contribution is -2.41. The second kappa shape index (κ2) is 6.61. The van der Waals surface area contributed by atoms with Crippen LogP contribution in [0.3, 0.4) is 0 Å². The lowest BCUT2D eigenvalue weighted by atomic mass is 9.90. The van der Waals surface area contributed by atoms with Gasteiger partial charge in [0.2, 0.25) is 0 Å². The Morgan fingerprint density at radius 1 is 1.50 bits per heavy atom. The van der Waals surface area contributed by atoms with Gasteiger partial charge < -0.3 is 20.5 Å². The number of aliphatic hydroxyl groups excluding tert-OH is 1. The zero-order valence-electron chi connectivity index (χ0n) is 11.8. The molecule has 0 unspecified atom stereocenters. The third kappa shape index (κ3) is 2.88. The Balaban J connectivity index is 2.29. The summed E-state index contributed by atoms with van der Waals surface area (Å²) in [5, 5.41) is 9.05. The number of ether oxygens (including phenoxy) is 1. The summed E-state index contributed by atoms with van der Waals surface area (Å²) in [5.74, 6) is -0.417. The molecular weight excluding hydrogens is 256 g/mol. The number of anilines is 2. The van der Waals surface area contributed by atoms with Crippen LogP contribution in [-0.2, 0) is 4.74 Å². The third-order valence-corrected chi connectivity index (χ3v) is 3.87. The summed E-state index contributed by atoms with van der Waals surface area (Å²) in [4.78, 5) is 13.9. The molecule has 0 atom stereocenters. The summed E-state index contributed by atoms with van der Waals surface area (Å²) in [6.45, 7) is 0.899. The molecule has 1 saturated carbocycles. The number of rotatable bonds is 6. The van der Waals surface area contributed by atoms with E-state index in [0.29, 0.717) is 23.7 Å². The van der Waals surface area contributed by atoms with E-state index in [1.807, 2.05) is 12.1 Å². The number of hydrogen-bond donors (Lipinski definition) is 2. The number of benzene rings is 1. The first-order valence-electron chi connectivity index (χ1n) is 7.03. The number of nitrogens with two attached hydrogens (primary N) is 1. The van der Waals surface area contributed by atoms with E-state index in [1.165, 1.54) is 13.5 Å². The normalized spacial score (nSPS) is 14.7. The molecule has 0 spiro atoms. The largest absolute Gasteiger partial charge is 0.465 e. The van der Waals surface area contributed by atoms with Crippen molar-refractivity contribution in [1.29, 1.82) is 0 Å². The van der Waals surface area contributed by atoms with Crippen LogP contribution in [0.5, 0.6) is 0 Å². The quantitative estimate of drug-likeness (QED) is 0.613. The average molecular weight is 278 g/mol. The molecule has 1 aliphatic carbocycles. The Hall–Kier alpha value is -1.75. The molecule has 0 aliphatic heterocycles. The van der Waals surface area contributed by atoms with E-state index in [4.69, 9.17) is 15.6 Å². The Labute approximate surface area is 119 Å². The van der Waals surface area contributed by atoms with Gasteiger partial charge in [-0.1, -0.05) is 6.07 Å². The van der Waals surface area contributed by atoms with Gasteiger partial charge in [-0.3, -0.25) is 0 Å². The van der Waals surface area contributed by atoms with Gasteiger partial charge in [-0.15, -0.1) is 0 Å². The monoisotopic (exact) mass is 278 g/mol. The molecule has 5 heteroatoms. The molecule has 2 rings (SSSR count). The molecule has 1 aromatic rings. The molecule has 0 aromatic heterocycles. The highest BCUT2D eigenvalue weighted by atomic mass is 16.5. The molecule has 0 radical (unpaired) electrons. The molecule has 1 fully saturated rings. The fraction of sp³-hybridized carbons (Fsp3) is 0.533. The zero-order chi connectivity index (χ0) is 14.5. The van der Waals surface area contributed by atoms with Crippen LogP contribution in [0.1, 0.15) is 36.0 Å². The molecule has 0 saturated heterocycles. The Bertz CT molecular complexity index is 472. The minimum atomic E-state index is -0.417. The summed E-state index contributed by atoms with van der Waals surface area (Å²) in [6.07, 6.45) is 4.18. The first-order valence-corrected chi connectivity index (χ1v) is 7.03. The molecule has 0 bridgehead atoms. The summed E-state index contributed by atoms with van der Waals surface area (Å²) < 4.78 is 4.76. The first kappa shape index (κ1) is 14.7. The highest BCUT2D eigenvalue weighted by Gasteiger charge is 2.27. The minimum absolute atomic E-state index is 0.153. The van der Waals surface area contributed by atoms with Crippen LogP contribution in [0.2, 0.25) is 0 Å². The standard InChI is InChI=1S/C15H22N2O3/c1-20-15(19)12-7-3-8-13(14(12)16)17(9-4-10-18)11-5-2-6-11/h3,7-8,11,18H,2,4-6,9-10,16H2,1H3. The van der Waals surface area contributed by atoms with Crippen LogP contribution < -0.4 is 10.6 Å². The maximum atomic E-state index is 11.7. The van der Waals surface area contributed by atoms with E-state index in [-0.39, 0.29) is 6.61 Å². The van der Waals surface area contributed by atoms with E-state index < -0.39 is 5.97 Å². The fourth-order valence-electron chi connectivity index (χ4n) is 2.53. The van der Waals surface area contributed by atoms with Gasteiger partial charge in [0.05, 0.1) is 24.0 Å². The van der Waals surface area contributed by atoms with Crippen LogP contribution in [0.4, 0.5) is 11.4 Å². The maximum absolute atomic E-state index is 11.7. The summed E-state index contributed by atoms with van der Waals surface area (Å²) >= 11 is 0.